The average Bonchev–Trinajstić information content (AvgIpc) is 2.61. The maximum absolute atomic E-state index is 12.6. The van der Waals surface area contributed by atoms with Gasteiger partial charge < -0.3 is 19.7 Å². The molecule has 2 heterocycles. The highest BCUT2D eigenvalue weighted by Crippen LogP contribution is 2.39. The number of esters is 3. The quantitative estimate of drug-likeness (QED) is 0.197. The number of hydrogen-bond acceptors (Lipinski definition) is 8. The van der Waals surface area contributed by atoms with Gasteiger partial charge in [0.1, 0.15) is 23.6 Å². The van der Waals surface area contributed by atoms with Gasteiger partial charge in [-0.25, -0.2) is 9.00 Å². The molecule has 12 heteroatoms. The maximum Gasteiger partial charge on any atom is 0.386 e. The van der Waals surface area contributed by atoms with E-state index in [0.717, 1.165) is 11.8 Å². The molecule has 29 heavy (non-hydrogen) atoms. The molecule has 11 nitrogen and oxygen atoms in total. The Hall–Kier alpha value is -2.85. The lowest BCUT2D eigenvalue weighted by atomic mass is 9.96. The summed E-state index contributed by atoms with van der Waals surface area (Å²) in [6.07, 6.45) is 0. The minimum Gasteiger partial charge on any atom is -0.465 e. The van der Waals surface area contributed by atoms with Crippen molar-refractivity contribution in [3.05, 3.63) is 16.8 Å². The van der Waals surface area contributed by atoms with Crippen LogP contribution in [0.4, 0.5) is 0 Å². The standard InChI is InChI=1S/C17H21N3O8S/c1-8-11(15(23)27-7-28-16(24)17(3,4)5)20-13(22)10(6-26-9(2)21)14(20)29(25)12(8)19-18/h10,14H,6-7H2,1-5H3/t10-,14-,29-/m0/s1. The number of fused-ring (bicyclic) bond motifs is 1. The lowest BCUT2D eigenvalue weighted by Gasteiger charge is -2.47. The van der Waals surface area contributed by atoms with Crippen molar-refractivity contribution in [2.24, 2.45) is 11.3 Å². The molecular formula is C17H21N3O8S. The molecule has 0 aromatic rings. The molecule has 1 fully saturated rings. The first-order chi connectivity index (χ1) is 13.4. The fourth-order valence-corrected chi connectivity index (χ4v) is 4.30. The number of nitrogens with zero attached hydrogens (tertiary/aromatic N) is 3. The first-order valence-corrected chi connectivity index (χ1v) is 9.77. The molecule has 0 saturated carbocycles. The molecule has 2 rings (SSSR count). The smallest absolute Gasteiger partial charge is 0.386 e. The zero-order chi connectivity index (χ0) is 22.1. The third kappa shape index (κ3) is 4.28. The van der Waals surface area contributed by atoms with Crippen molar-refractivity contribution >= 4 is 39.7 Å². The molecule has 0 aliphatic carbocycles. The zero-order valence-electron chi connectivity index (χ0n) is 16.6. The van der Waals surface area contributed by atoms with Crippen LogP contribution in [0.1, 0.15) is 34.6 Å². The number of hydrogen-bond donors (Lipinski definition) is 0. The van der Waals surface area contributed by atoms with E-state index in [1.165, 1.54) is 6.92 Å². The van der Waals surface area contributed by atoms with E-state index < -0.39 is 58.1 Å². The Bertz CT molecular complexity index is 882. The van der Waals surface area contributed by atoms with Gasteiger partial charge in [0.15, 0.2) is 10.8 Å². The van der Waals surface area contributed by atoms with Crippen LogP contribution < -0.4 is 0 Å². The molecule has 0 spiro atoms. The molecule has 0 unspecified atom stereocenters. The van der Waals surface area contributed by atoms with Crippen molar-refractivity contribution in [1.29, 1.82) is 0 Å². The van der Waals surface area contributed by atoms with E-state index in [1.807, 2.05) is 0 Å². The van der Waals surface area contributed by atoms with Crippen molar-refractivity contribution in [3.8, 4) is 0 Å². The molecule has 0 N–H and O–H groups in total. The van der Waals surface area contributed by atoms with E-state index >= 15 is 0 Å². The van der Waals surface area contributed by atoms with E-state index in [-0.39, 0.29) is 22.9 Å². The van der Waals surface area contributed by atoms with Gasteiger partial charge in [0.05, 0.1) is 11.0 Å². The van der Waals surface area contributed by atoms with Crippen molar-refractivity contribution < 1.29 is 42.4 Å². The second-order valence-electron chi connectivity index (χ2n) is 7.42. The van der Waals surface area contributed by atoms with E-state index in [2.05, 4.69) is 4.79 Å². The van der Waals surface area contributed by atoms with E-state index in [4.69, 9.17) is 14.2 Å². The molecule has 3 atom stereocenters. The van der Waals surface area contributed by atoms with Gasteiger partial charge in [0, 0.05) is 6.92 Å². The van der Waals surface area contributed by atoms with Crippen LogP contribution in [0.5, 0.6) is 0 Å². The fraction of sp³-hybridized carbons (Fsp3) is 0.588. The summed E-state index contributed by atoms with van der Waals surface area (Å²) < 4.78 is 27.2. The molecule has 0 bridgehead atoms. The summed E-state index contributed by atoms with van der Waals surface area (Å²) >= 11 is 0. The predicted molar refractivity (Wildman–Crippen MR) is 96.7 cm³/mol. The summed E-state index contributed by atoms with van der Waals surface area (Å²) in [6.45, 7) is 6.34. The van der Waals surface area contributed by atoms with Gasteiger partial charge in [-0.05, 0) is 27.7 Å². The van der Waals surface area contributed by atoms with Crippen LogP contribution in [-0.4, -0.2) is 61.5 Å². The monoisotopic (exact) mass is 427 g/mol. The molecule has 0 aromatic carbocycles. The molecule has 1 saturated heterocycles. The van der Waals surface area contributed by atoms with Gasteiger partial charge in [-0.2, -0.15) is 4.79 Å². The van der Waals surface area contributed by atoms with Gasteiger partial charge in [0.2, 0.25) is 12.7 Å². The molecule has 2 aliphatic heterocycles. The highest BCUT2D eigenvalue weighted by Gasteiger charge is 2.60. The normalized spacial score (nSPS) is 23.6. The molecule has 1 amide bonds. The summed E-state index contributed by atoms with van der Waals surface area (Å²) in [6, 6.07) is 0. The minimum absolute atomic E-state index is 0.0199. The van der Waals surface area contributed by atoms with Gasteiger partial charge in [-0.15, -0.1) is 0 Å². The van der Waals surface area contributed by atoms with Crippen LogP contribution in [0.25, 0.3) is 5.53 Å². The van der Waals surface area contributed by atoms with Gasteiger partial charge in [-0.3, -0.25) is 19.3 Å². The first kappa shape index (κ1) is 22.4. The summed E-state index contributed by atoms with van der Waals surface area (Å²) in [5, 5.41) is -1.36. The van der Waals surface area contributed by atoms with E-state index in [9.17, 15) is 28.9 Å². The van der Waals surface area contributed by atoms with Crippen LogP contribution in [0, 0.1) is 11.3 Å². The maximum atomic E-state index is 12.6. The third-order valence-electron chi connectivity index (χ3n) is 4.22. The topological polar surface area (TPSA) is 153 Å². The van der Waals surface area contributed by atoms with Crippen LogP contribution >= 0.6 is 0 Å². The Kier molecular flexibility index (Phi) is 6.39. The van der Waals surface area contributed by atoms with Crippen molar-refractivity contribution in [2.45, 2.75) is 40.0 Å². The predicted octanol–water partition coefficient (Wildman–Crippen LogP) is 0.0886. The Morgan fingerprint density at radius 3 is 2.34 bits per heavy atom. The number of rotatable bonds is 5. The average molecular weight is 427 g/mol. The zero-order valence-corrected chi connectivity index (χ0v) is 17.4. The third-order valence-corrected chi connectivity index (χ3v) is 5.97. The van der Waals surface area contributed by atoms with E-state index in [0.29, 0.717) is 0 Å². The van der Waals surface area contributed by atoms with Crippen molar-refractivity contribution in [2.75, 3.05) is 13.4 Å². The summed E-state index contributed by atoms with van der Waals surface area (Å²) in [4.78, 5) is 51.7. The molecule has 2 aliphatic rings. The molecule has 0 radical (unpaired) electrons. The molecule has 0 aromatic heterocycles. The summed E-state index contributed by atoms with van der Waals surface area (Å²) in [5.41, 5.74) is 8.12. The molecular weight excluding hydrogens is 406 g/mol. The van der Waals surface area contributed by atoms with E-state index in [1.54, 1.807) is 20.8 Å². The number of ether oxygens (including phenoxy) is 3. The second kappa shape index (κ2) is 8.26. The van der Waals surface area contributed by atoms with Crippen LogP contribution in [0.2, 0.25) is 0 Å². The highest BCUT2D eigenvalue weighted by molar-refractivity contribution is 8.01. The number of amides is 1. The van der Waals surface area contributed by atoms with Crippen LogP contribution in [0.3, 0.4) is 0 Å². The fourth-order valence-electron chi connectivity index (χ4n) is 2.70. The van der Waals surface area contributed by atoms with Crippen molar-refractivity contribution in [3.63, 3.8) is 0 Å². The van der Waals surface area contributed by atoms with Crippen LogP contribution in [0.15, 0.2) is 11.3 Å². The van der Waals surface area contributed by atoms with Crippen molar-refractivity contribution in [1.82, 2.24) is 4.90 Å². The summed E-state index contributed by atoms with van der Waals surface area (Å²) in [7, 11) is -1.96. The first-order valence-electron chi connectivity index (χ1n) is 8.56. The second-order valence-corrected chi connectivity index (χ2v) is 8.88. The number of carbonyl (C=O) groups is 4. The van der Waals surface area contributed by atoms with Gasteiger partial charge in [-0.1, -0.05) is 0 Å². The van der Waals surface area contributed by atoms with Gasteiger partial charge >= 0.3 is 23.0 Å². The Balaban J connectivity index is 2.23. The largest absolute Gasteiger partial charge is 0.465 e. The Morgan fingerprint density at radius 1 is 1.21 bits per heavy atom. The molecule has 158 valence electrons. The number of β-lactam (4-membered cyclic amide) rings is 1. The van der Waals surface area contributed by atoms with Gasteiger partial charge in [0.25, 0.3) is 0 Å². The minimum atomic E-state index is -1.96. The Morgan fingerprint density at radius 2 is 1.83 bits per heavy atom. The Labute approximate surface area is 169 Å². The lowest BCUT2D eigenvalue weighted by molar-refractivity contribution is -0.174. The van der Waals surface area contributed by atoms with Crippen LogP contribution in [-0.2, 0) is 44.2 Å². The highest BCUT2D eigenvalue weighted by atomic mass is 32.2. The number of carbonyl (C=O) groups excluding carboxylic acids is 4. The lowest BCUT2D eigenvalue weighted by Crippen LogP contribution is -2.67. The summed E-state index contributed by atoms with van der Waals surface area (Å²) in [5.74, 6) is -3.81. The SMILES string of the molecule is CC(=O)OC[C@H]1C(=O)N2C(C(=O)OCOC(=O)C(C)(C)C)=C(C)C(=[N+]=[N-])[S@](=O)[C@@H]12.